The van der Waals surface area contributed by atoms with Crippen LogP contribution in [-0.4, -0.2) is 37.3 Å². The van der Waals surface area contributed by atoms with Gasteiger partial charge in [0.05, 0.1) is 12.5 Å². The van der Waals surface area contributed by atoms with Gasteiger partial charge in [0, 0.05) is 16.5 Å². The van der Waals surface area contributed by atoms with Crippen LogP contribution in [0.2, 0.25) is 0 Å². The minimum Gasteiger partial charge on any atom is -0.497 e. The number of benzene rings is 2. The summed E-state index contributed by atoms with van der Waals surface area (Å²) in [4.78, 5) is 10.9. The van der Waals surface area contributed by atoms with Crippen molar-refractivity contribution in [1.29, 1.82) is 0 Å². The summed E-state index contributed by atoms with van der Waals surface area (Å²) in [5.74, 6) is 1.39. The van der Waals surface area contributed by atoms with Crippen molar-refractivity contribution in [3.8, 4) is 34.1 Å². The van der Waals surface area contributed by atoms with Crippen LogP contribution >= 0.6 is 11.3 Å². The van der Waals surface area contributed by atoms with E-state index in [2.05, 4.69) is 25.4 Å². The second kappa shape index (κ2) is 7.02. The summed E-state index contributed by atoms with van der Waals surface area (Å²) in [6, 6.07) is 13.7. The van der Waals surface area contributed by atoms with Crippen LogP contribution in [0, 0.1) is 5.82 Å². The van der Waals surface area contributed by atoms with Gasteiger partial charge in [0.15, 0.2) is 5.82 Å². The highest BCUT2D eigenvalue weighted by atomic mass is 32.1. The molecule has 5 rings (SSSR count). The summed E-state index contributed by atoms with van der Waals surface area (Å²) in [6.07, 6.45) is 1.47. The minimum absolute atomic E-state index is 0.286. The number of hydrogen-bond donors (Lipinski definition) is 0. The summed E-state index contributed by atoms with van der Waals surface area (Å²) in [5, 5.41) is 15.6. The number of rotatable bonds is 4. The van der Waals surface area contributed by atoms with Crippen molar-refractivity contribution in [3.63, 3.8) is 0 Å². The molecule has 3 heterocycles. The maximum atomic E-state index is 13.3. The van der Waals surface area contributed by atoms with Crippen molar-refractivity contribution in [3.05, 3.63) is 66.1 Å². The van der Waals surface area contributed by atoms with Crippen LogP contribution in [0.25, 0.3) is 38.5 Å². The molecule has 2 aromatic carbocycles. The zero-order valence-electron chi connectivity index (χ0n) is 15.2. The van der Waals surface area contributed by atoms with Crippen molar-refractivity contribution < 1.29 is 9.13 Å². The summed E-state index contributed by atoms with van der Waals surface area (Å²) < 4.78 is 18.6. The predicted molar refractivity (Wildman–Crippen MR) is 108 cm³/mol. The molecule has 0 amide bonds. The largest absolute Gasteiger partial charge is 0.497 e. The highest BCUT2D eigenvalue weighted by Crippen LogP contribution is 2.35. The van der Waals surface area contributed by atoms with E-state index >= 15 is 0 Å². The van der Waals surface area contributed by atoms with Gasteiger partial charge in [0.1, 0.15) is 22.7 Å². The Morgan fingerprint density at radius 1 is 1.03 bits per heavy atom. The summed E-state index contributed by atoms with van der Waals surface area (Å²) in [7, 11) is 1.61. The van der Waals surface area contributed by atoms with Gasteiger partial charge in [-0.15, -0.1) is 26.3 Å². The molecule has 0 atom stereocenters. The van der Waals surface area contributed by atoms with Crippen LogP contribution in [0.5, 0.6) is 5.75 Å². The van der Waals surface area contributed by atoms with Crippen molar-refractivity contribution in [2.75, 3.05) is 7.11 Å². The minimum atomic E-state index is -0.286. The molecular weight excluding hydrogens is 391 g/mol. The first kappa shape index (κ1) is 17.4. The molecule has 0 saturated carbocycles. The van der Waals surface area contributed by atoms with E-state index in [1.807, 2.05) is 29.6 Å². The predicted octanol–water partition coefficient (Wildman–Crippen LogP) is 4.15. The van der Waals surface area contributed by atoms with E-state index in [1.54, 1.807) is 19.2 Å². The second-order valence-corrected chi connectivity index (χ2v) is 7.03. The first-order valence-electron chi connectivity index (χ1n) is 8.66. The van der Waals surface area contributed by atoms with Gasteiger partial charge in [-0.05, 0) is 35.0 Å². The lowest BCUT2D eigenvalue weighted by atomic mass is 10.1. The van der Waals surface area contributed by atoms with E-state index < -0.39 is 0 Å². The van der Waals surface area contributed by atoms with Crippen LogP contribution in [0.1, 0.15) is 0 Å². The quantitative estimate of drug-likeness (QED) is 0.448. The van der Waals surface area contributed by atoms with Crippen LogP contribution in [0.4, 0.5) is 4.39 Å². The molecule has 0 aliphatic rings. The number of halogens is 1. The zero-order chi connectivity index (χ0) is 19.8. The van der Waals surface area contributed by atoms with E-state index in [-0.39, 0.29) is 5.82 Å². The average Bonchev–Trinajstić information content (AvgIpc) is 3.42. The summed E-state index contributed by atoms with van der Waals surface area (Å²) in [5.41, 5.74) is 2.53. The van der Waals surface area contributed by atoms with Gasteiger partial charge in [0.25, 0.3) is 0 Å². The van der Waals surface area contributed by atoms with E-state index in [0.29, 0.717) is 17.4 Å². The molecule has 0 saturated heterocycles. The molecule has 0 spiro atoms. The topological polar surface area (TPSA) is 78.6 Å². The number of aromatic nitrogens is 6. The molecule has 142 valence electrons. The van der Waals surface area contributed by atoms with E-state index in [4.69, 9.17) is 4.74 Å². The molecule has 0 fully saturated rings. The summed E-state index contributed by atoms with van der Waals surface area (Å²) in [6.45, 7) is 0. The van der Waals surface area contributed by atoms with E-state index in [0.717, 1.165) is 26.9 Å². The third kappa shape index (κ3) is 3.11. The average molecular weight is 404 g/mol. The lowest BCUT2D eigenvalue weighted by Crippen LogP contribution is -2.03. The third-order valence-corrected chi connectivity index (χ3v) is 5.32. The number of thiophene rings is 1. The van der Waals surface area contributed by atoms with Crippen LogP contribution in [0.15, 0.2) is 60.2 Å². The maximum Gasteiger partial charge on any atom is 0.205 e. The smallest absolute Gasteiger partial charge is 0.205 e. The Labute approximate surface area is 168 Å². The molecule has 0 aliphatic carbocycles. The maximum absolute atomic E-state index is 13.3. The number of hydrogen-bond acceptors (Lipinski definition) is 7. The molecular formula is C20H13FN6OS. The fraction of sp³-hybridized carbons (Fsp3) is 0.0500. The number of tetrazole rings is 1. The van der Waals surface area contributed by atoms with Crippen LogP contribution in [0.3, 0.4) is 0 Å². The Morgan fingerprint density at radius 3 is 2.72 bits per heavy atom. The Bertz CT molecular complexity index is 1310. The zero-order valence-corrected chi connectivity index (χ0v) is 16.0. The molecule has 7 nitrogen and oxygen atoms in total. The molecule has 9 heteroatoms. The fourth-order valence-electron chi connectivity index (χ4n) is 3.03. The van der Waals surface area contributed by atoms with Gasteiger partial charge in [-0.1, -0.05) is 24.3 Å². The third-order valence-electron chi connectivity index (χ3n) is 4.44. The lowest BCUT2D eigenvalue weighted by molar-refractivity contribution is 0.415. The number of ether oxygens (including phenoxy) is 1. The van der Waals surface area contributed by atoms with Crippen molar-refractivity contribution in [2.24, 2.45) is 0 Å². The Balaban J connectivity index is 1.63. The Kier molecular flexibility index (Phi) is 4.21. The molecule has 0 N–H and O–H groups in total. The molecule has 0 aliphatic heterocycles. The first-order chi connectivity index (χ1) is 14.2. The molecule has 0 bridgehead atoms. The van der Waals surface area contributed by atoms with Gasteiger partial charge in [-0.2, -0.15) is 0 Å². The van der Waals surface area contributed by atoms with E-state index in [1.165, 1.54) is 34.6 Å². The summed E-state index contributed by atoms with van der Waals surface area (Å²) >= 11 is 1.48. The standard InChI is InChI=1S/C20H13FN6OS/c1-28-15-4-2-3-13(9-15)18-24-26-27(25-18)19-17-16(10-29-20(17)23-11-22-19)12-5-7-14(21)8-6-12/h2-11H,1H3. The number of methoxy groups -OCH3 is 1. The molecule has 3 aromatic heterocycles. The number of fused-ring (bicyclic) bond motifs is 1. The molecule has 5 aromatic rings. The van der Waals surface area contributed by atoms with Gasteiger partial charge in [-0.3, -0.25) is 0 Å². The van der Waals surface area contributed by atoms with Gasteiger partial charge in [0.2, 0.25) is 5.82 Å². The van der Waals surface area contributed by atoms with Gasteiger partial charge >= 0.3 is 0 Å². The van der Waals surface area contributed by atoms with Crippen molar-refractivity contribution in [2.45, 2.75) is 0 Å². The fourth-order valence-corrected chi connectivity index (χ4v) is 3.95. The normalized spacial score (nSPS) is 11.1. The van der Waals surface area contributed by atoms with Crippen molar-refractivity contribution >= 4 is 21.6 Å². The monoisotopic (exact) mass is 404 g/mol. The highest BCUT2D eigenvalue weighted by molar-refractivity contribution is 7.17. The molecule has 0 radical (unpaired) electrons. The lowest BCUT2D eigenvalue weighted by Gasteiger charge is -2.04. The van der Waals surface area contributed by atoms with Gasteiger partial charge < -0.3 is 4.74 Å². The Hall–Kier alpha value is -3.72. The van der Waals surface area contributed by atoms with Crippen LogP contribution < -0.4 is 4.74 Å². The van der Waals surface area contributed by atoms with Gasteiger partial charge in [-0.25, -0.2) is 14.4 Å². The van der Waals surface area contributed by atoms with Crippen LogP contribution in [-0.2, 0) is 0 Å². The SMILES string of the molecule is COc1cccc(-c2nnn(-c3ncnc4scc(-c5ccc(F)cc5)c34)n2)c1. The number of nitrogens with zero attached hydrogens (tertiary/aromatic N) is 6. The second-order valence-electron chi connectivity index (χ2n) is 6.17. The molecule has 0 unspecified atom stereocenters. The first-order valence-corrected chi connectivity index (χ1v) is 9.54. The van der Waals surface area contributed by atoms with E-state index in [9.17, 15) is 4.39 Å². The highest BCUT2D eigenvalue weighted by Gasteiger charge is 2.17. The van der Waals surface area contributed by atoms with Crippen molar-refractivity contribution in [1.82, 2.24) is 30.2 Å². The molecule has 29 heavy (non-hydrogen) atoms. The Morgan fingerprint density at radius 2 is 1.90 bits per heavy atom.